The first-order valence-electron chi connectivity index (χ1n) is 7.68. The largest absolute Gasteiger partial charge is 0.476 e. The van der Waals surface area contributed by atoms with Crippen LogP contribution in [0.5, 0.6) is 5.75 Å². The lowest BCUT2D eigenvalue weighted by Crippen LogP contribution is -2.43. The van der Waals surface area contributed by atoms with Crippen molar-refractivity contribution in [1.82, 2.24) is 5.32 Å². The second kappa shape index (κ2) is 8.49. The molecule has 0 spiro atoms. The number of nitro benzene ring substituents is 1. The van der Waals surface area contributed by atoms with Crippen LogP contribution in [0, 0.1) is 10.1 Å². The van der Waals surface area contributed by atoms with E-state index in [1.807, 2.05) is 0 Å². The third-order valence-corrected chi connectivity index (χ3v) is 3.52. The Morgan fingerprint density at radius 2 is 1.74 bits per heavy atom. The Morgan fingerprint density at radius 3 is 2.33 bits per heavy atom. The Hall–Kier alpha value is -3.14. The second-order valence-corrected chi connectivity index (χ2v) is 5.45. The second-order valence-electron chi connectivity index (χ2n) is 5.45. The first kappa shape index (κ1) is 20.2. The van der Waals surface area contributed by atoms with E-state index >= 15 is 0 Å². The number of carbonyl (C=O) groups excluding carboxylic acids is 1. The van der Waals surface area contributed by atoms with Gasteiger partial charge in [0.2, 0.25) is 0 Å². The van der Waals surface area contributed by atoms with Gasteiger partial charge in [-0.1, -0.05) is 42.5 Å². The van der Waals surface area contributed by atoms with E-state index < -0.39 is 35.8 Å². The highest BCUT2D eigenvalue weighted by Gasteiger charge is 2.39. The number of halogens is 3. The lowest BCUT2D eigenvalue weighted by Gasteiger charge is -2.25. The summed E-state index contributed by atoms with van der Waals surface area (Å²) in [6.45, 7) is -0.765. The van der Waals surface area contributed by atoms with Crippen LogP contribution in [0.25, 0.3) is 0 Å². The van der Waals surface area contributed by atoms with Crippen molar-refractivity contribution in [2.75, 3.05) is 6.54 Å². The molecule has 7 nitrogen and oxygen atoms in total. The average Bonchev–Trinajstić information content (AvgIpc) is 2.64. The summed E-state index contributed by atoms with van der Waals surface area (Å²) in [4.78, 5) is 21.4. The minimum atomic E-state index is -5.10. The Labute approximate surface area is 151 Å². The molecule has 0 aromatic heterocycles. The number of aliphatic hydroxyl groups is 1. The fourth-order valence-electron chi connectivity index (χ4n) is 2.26. The van der Waals surface area contributed by atoms with Gasteiger partial charge in [0.25, 0.3) is 0 Å². The maximum absolute atomic E-state index is 12.3. The molecule has 0 saturated heterocycles. The Kier molecular flexibility index (Phi) is 6.35. The van der Waals surface area contributed by atoms with Crippen LogP contribution in [0.4, 0.5) is 18.9 Å². The molecular weight excluding hydrogens is 369 g/mol. The summed E-state index contributed by atoms with van der Waals surface area (Å²) in [7, 11) is 0. The number of aliphatic hydroxyl groups excluding tert-OH is 1. The van der Waals surface area contributed by atoms with Crippen LogP contribution in [0.3, 0.4) is 0 Å². The van der Waals surface area contributed by atoms with Gasteiger partial charge in [-0.15, -0.1) is 0 Å². The van der Waals surface area contributed by atoms with Gasteiger partial charge in [-0.25, -0.2) is 0 Å². The van der Waals surface area contributed by atoms with Crippen molar-refractivity contribution >= 4 is 11.6 Å². The highest BCUT2D eigenvalue weighted by molar-refractivity contribution is 5.81. The number of para-hydroxylation sites is 2. The van der Waals surface area contributed by atoms with E-state index in [9.17, 15) is 33.2 Å². The van der Waals surface area contributed by atoms with Crippen molar-refractivity contribution < 1.29 is 32.7 Å². The minimum Gasteiger partial charge on any atom is -0.476 e. The van der Waals surface area contributed by atoms with E-state index in [0.717, 1.165) is 0 Å². The number of nitrogens with zero attached hydrogens (tertiary/aromatic N) is 1. The van der Waals surface area contributed by atoms with E-state index in [-0.39, 0.29) is 11.4 Å². The molecule has 27 heavy (non-hydrogen) atoms. The summed E-state index contributed by atoms with van der Waals surface area (Å²) < 4.78 is 42.5. The summed E-state index contributed by atoms with van der Waals surface area (Å²) in [5, 5.41) is 23.0. The molecule has 144 valence electrons. The normalized spacial score (nSPS) is 13.5. The van der Waals surface area contributed by atoms with E-state index in [1.165, 1.54) is 36.4 Å². The predicted octanol–water partition coefficient (Wildman–Crippen LogP) is 2.75. The predicted molar refractivity (Wildman–Crippen MR) is 88.0 cm³/mol. The first-order chi connectivity index (χ1) is 12.7. The fraction of sp³-hybridized carbons (Fsp3) is 0.235. The number of nitro groups is 1. The van der Waals surface area contributed by atoms with Crippen LogP contribution < -0.4 is 10.1 Å². The van der Waals surface area contributed by atoms with Gasteiger partial charge in [-0.05, 0) is 11.6 Å². The summed E-state index contributed by atoms with van der Waals surface area (Å²) in [6.07, 6.45) is -7.94. The molecule has 2 aromatic rings. The molecule has 1 amide bonds. The molecule has 2 aromatic carbocycles. The van der Waals surface area contributed by atoms with Gasteiger partial charge in [-0.2, -0.15) is 13.2 Å². The van der Waals surface area contributed by atoms with Gasteiger partial charge in [0.1, 0.15) is 6.10 Å². The standard InChI is InChI=1S/C17H15F3N2O5/c18-17(19,20)16(24)21-10-13(23)15(11-6-2-1-3-7-11)27-14-9-5-4-8-12(14)22(25)26/h1-9,13,15,23H,10H2,(H,21,24)/t13-,15-/m1/s1. The lowest BCUT2D eigenvalue weighted by atomic mass is 10.0. The zero-order chi connectivity index (χ0) is 20.0. The number of hydrogen-bond donors (Lipinski definition) is 2. The van der Waals surface area contributed by atoms with Crippen molar-refractivity contribution in [2.24, 2.45) is 0 Å². The number of rotatable bonds is 7. The number of benzene rings is 2. The molecule has 0 fully saturated rings. The zero-order valence-corrected chi connectivity index (χ0v) is 13.7. The molecule has 0 aliphatic carbocycles. The van der Waals surface area contributed by atoms with Gasteiger partial charge in [-0.3, -0.25) is 14.9 Å². The summed E-state index contributed by atoms with van der Waals surface area (Å²) in [5.41, 5.74) is -0.00522. The maximum Gasteiger partial charge on any atom is 0.471 e. The molecule has 0 unspecified atom stereocenters. The number of carbonyl (C=O) groups is 1. The van der Waals surface area contributed by atoms with Crippen molar-refractivity contribution in [2.45, 2.75) is 18.4 Å². The van der Waals surface area contributed by atoms with Crippen LogP contribution in [0.15, 0.2) is 54.6 Å². The topological polar surface area (TPSA) is 102 Å². The molecule has 0 aliphatic heterocycles. The van der Waals surface area contributed by atoms with E-state index in [1.54, 1.807) is 23.5 Å². The molecular formula is C17H15F3N2O5. The van der Waals surface area contributed by atoms with Crippen molar-refractivity contribution in [3.63, 3.8) is 0 Å². The lowest BCUT2D eigenvalue weighted by molar-refractivity contribution is -0.386. The average molecular weight is 384 g/mol. The number of hydrogen-bond acceptors (Lipinski definition) is 5. The van der Waals surface area contributed by atoms with E-state index in [2.05, 4.69) is 0 Å². The molecule has 10 heteroatoms. The van der Waals surface area contributed by atoms with E-state index in [4.69, 9.17) is 4.74 Å². The molecule has 0 radical (unpaired) electrons. The molecule has 2 atom stereocenters. The zero-order valence-electron chi connectivity index (χ0n) is 13.7. The van der Waals surface area contributed by atoms with Crippen LogP contribution in [0.2, 0.25) is 0 Å². The Morgan fingerprint density at radius 1 is 1.15 bits per heavy atom. The Balaban J connectivity index is 2.25. The number of alkyl halides is 3. The maximum atomic E-state index is 12.3. The van der Waals surface area contributed by atoms with Crippen LogP contribution >= 0.6 is 0 Å². The Bertz CT molecular complexity index is 799. The van der Waals surface area contributed by atoms with E-state index in [0.29, 0.717) is 5.56 Å². The molecule has 0 heterocycles. The fourth-order valence-corrected chi connectivity index (χ4v) is 2.26. The monoisotopic (exact) mass is 384 g/mol. The summed E-state index contributed by atoms with van der Waals surface area (Å²) in [5.74, 6) is -2.38. The minimum absolute atomic E-state index is 0.169. The van der Waals surface area contributed by atoms with Gasteiger partial charge >= 0.3 is 17.8 Å². The number of nitrogens with one attached hydrogen (secondary N) is 1. The van der Waals surface area contributed by atoms with Crippen LogP contribution in [0.1, 0.15) is 11.7 Å². The number of ether oxygens (including phenoxy) is 1. The van der Waals surface area contributed by atoms with Crippen molar-refractivity contribution in [1.29, 1.82) is 0 Å². The number of amides is 1. The smallest absolute Gasteiger partial charge is 0.471 e. The van der Waals surface area contributed by atoms with Gasteiger partial charge in [0, 0.05) is 12.6 Å². The molecule has 0 aliphatic rings. The summed E-state index contributed by atoms with van der Waals surface area (Å²) in [6, 6.07) is 13.3. The third kappa shape index (κ3) is 5.42. The highest BCUT2D eigenvalue weighted by atomic mass is 19.4. The quantitative estimate of drug-likeness (QED) is 0.565. The van der Waals surface area contributed by atoms with Crippen molar-refractivity contribution in [3.8, 4) is 5.75 Å². The van der Waals surface area contributed by atoms with Crippen molar-refractivity contribution in [3.05, 3.63) is 70.3 Å². The molecule has 2 rings (SSSR count). The highest BCUT2D eigenvalue weighted by Crippen LogP contribution is 2.32. The third-order valence-electron chi connectivity index (χ3n) is 3.52. The van der Waals surface area contributed by atoms with Gasteiger partial charge in [0.15, 0.2) is 11.9 Å². The van der Waals surface area contributed by atoms with Gasteiger partial charge in [0.05, 0.1) is 4.92 Å². The summed E-state index contributed by atoms with van der Waals surface area (Å²) >= 11 is 0. The SMILES string of the molecule is O=C(NC[C@@H](O)[C@H](Oc1ccccc1[N+](=O)[O-])c1ccccc1)C(F)(F)F. The van der Waals surface area contributed by atoms with Crippen LogP contribution in [-0.4, -0.2) is 34.8 Å². The molecule has 0 saturated carbocycles. The molecule has 2 N–H and O–H groups in total. The van der Waals surface area contributed by atoms with Gasteiger partial charge < -0.3 is 15.2 Å². The first-order valence-corrected chi connectivity index (χ1v) is 7.68. The van der Waals surface area contributed by atoms with Crippen LogP contribution in [-0.2, 0) is 4.79 Å². The molecule has 0 bridgehead atoms.